The summed E-state index contributed by atoms with van der Waals surface area (Å²) in [5.41, 5.74) is 1.51. The van der Waals surface area contributed by atoms with Gasteiger partial charge in [-0.05, 0) is 55.9 Å². The molecule has 2 aromatic carbocycles. The van der Waals surface area contributed by atoms with Crippen LogP contribution in [0.25, 0.3) is 10.9 Å². The molecule has 0 aliphatic heterocycles. The van der Waals surface area contributed by atoms with Gasteiger partial charge in [0.25, 0.3) is 0 Å². The number of urea groups is 1. The number of ether oxygens (including phenoxy) is 2. The van der Waals surface area contributed by atoms with E-state index in [0.29, 0.717) is 41.6 Å². The molecule has 1 aliphatic carbocycles. The number of carbonyl (C=O) groups excluding carboxylic acids is 1. The van der Waals surface area contributed by atoms with E-state index in [2.05, 4.69) is 16.0 Å². The number of amides is 2. The predicted octanol–water partition coefficient (Wildman–Crippen LogP) is 4.51. The van der Waals surface area contributed by atoms with Crippen molar-refractivity contribution in [3.05, 3.63) is 42.5 Å². The molecule has 1 saturated carbocycles. The summed E-state index contributed by atoms with van der Waals surface area (Å²) in [5.74, 6) is 3.25. The summed E-state index contributed by atoms with van der Waals surface area (Å²) in [6.07, 6.45) is 4.05. The minimum atomic E-state index is -0.252. The van der Waals surface area contributed by atoms with Crippen molar-refractivity contribution in [2.75, 3.05) is 50.4 Å². The number of anilines is 3. The van der Waals surface area contributed by atoms with Gasteiger partial charge >= 0.3 is 6.03 Å². The molecule has 2 amide bonds. The number of methoxy groups -OCH3 is 2. The quantitative estimate of drug-likeness (QED) is 0.438. The molecule has 4 rings (SSSR count). The summed E-state index contributed by atoms with van der Waals surface area (Å²) in [6, 6.07) is 13.4. The lowest BCUT2D eigenvalue weighted by atomic mass is 9.86. The SMILES string of the molecule is COc1ccc(OC)c(NC(=O)NCC2CCC(Nc3nc(N(C)C)c4ccccc4n3)CC2)c1. The van der Waals surface area contributed by atoms with E-state index in [4.69, 9.17) is 19.4 Å². The highest BCUT2D eigenvalue weighted by atomic mass is 16.5. The van der Waals surface area contributed by atoms with Gasteiger partial charge in [0.2, 0.25) is 5.95 Å². The Hall–Kier alpha value is -3.75. The maximum Gasteiger partial charge on any atom is 0.319 e. The summed E-state index contributed by atoms with van der Waals surface area (Å²) >= 11 is 0. The molecule has 0 spiro atoms. The molecule has 0 bridgehead atoms. The lowest BCUT2D eigenvalue weighted by Gasteiger charge is -2.29. The second kappa shape index (κ2) is 11.1. The third-order valence-electron chi connectivity index (χ3n) is 6.39. The van der Waals surface area contributed by atoms with Gasteiger partial charge in [-0.25, -0.2) is 9.78 Å². The molecule has 0 unspecified atom stereocenters. The van der Waals surface area contributed by atoms with Gasteiger partial charge in [-0.1, -0.05) is 12.1 Å². The first-order valence-corrected chi connectivity index (χ1v) is 11.9. The zero-order valence-corrected chi connectivity index (χ0v) is 20.8. The zero-order valence-electron chi connectivity index (χ0n) is 20.8. The van der Waals surface area contributed by atoms with Gasteiger partial charge in [-0.3, -0.25) is 0 Å². The fourth-order valence-electron chi connectivity index (χ4n) is 4.47. The van der Waals surface area contributed by atoms with Gasteiger partial charge in [0.05, 0.1) is 25.4 Å². The Bertz CT molecular complexity index is 1160. The molecule has 1 fully saturated rings. The third kappa shape index (κ3) is 6.03. The highest BCUT2D eigenvalue weighted by Gasteiger charge is 2.23. The van der Waals surface area contributed by atoms with E-state index in [0.717, 1.165) is 42.4 Å². The Morgan fingerprint density at radius 3 is 2.51 bits per heavy atom. The monoisotopic (exact) mass is 478 g/mol. The molecule has 0 saturated heterocycles. The Morgan fingerprint density at radius 1 is 1.03 bits per heavy atom. The molecular weight excluding hydrogens is 444 g/mol. The molecule has 0 radical (unpaired) electrons. The number of carbonyl (C=O) groups is 1. The van der Waals surface area contributed by atoms with Crippen LogP contribution in [0.3, 0.4) is 0 Å². The van der Waals surface area contributed by atoms with Crippen LogP contribution in [0.2, 0.25) is 0 Å². The molecule has 9 nitrogen and oxygen atoms in total. The predicted molar refractivity (Wildman–Crippen MR) is 140 cm³/mol. The topological polar surface area (TPSA) is 101 Å². The summed E-state index contributed by atoms with van der Waals surface area (Å²) < 4.78 is 10.6. The number of fused-ring (bicyclic) bond motifs is 1. The number of para-hydroxylation sites is 1. The van der Waals surface area contributed by atoms with Crippen molar-refractivity contribution in [2.45, 2.75) is 31.7 Å². The molecule has 186 valence electrons. The van der Waals surface area contributed by atoms with Gasteiger partial charge in [0.1, 0.15) is 17.3 Å². The van der Waals surface area contributed by atoms with Crippen molar-refractivity contribution >= 4 is 34.4 Å². The summed E-state index contributed by atoms with van der Waals surface area (Å²) in [6.45, 7) is 0.627. The average Bonchev–Trinajstić information content (AvgIpc) is 2.87. The van der Waals surface area contributed by atoms with Crippen LogP contribution < -0.4 is 30.3 Å². The van der Waals surface area contributed by atoms with E-state index in [-0.39, 0.29) is 6.03 Å². The number of hydrogen-bond acceptors (Lipinski definition) is 7. The van der Waals surface area contributed by atoms with Gasteiger partial charge in [0, 0.05) is 38.1 Å². The maximum absolute atomic E-state index is 12.5. The van der Waals surface area contributed by atoms with E-state index >= 15 is 0 Å². The fourth-order valence-corrected chi connectivity index (χ4v) is 4.47. The van der Waals surface area contributed by atoms with E-state index in [1.807, 2.05) is 43.3 Å². The number of benzene rings is 2. The highest BCUT2D eigenvalue weighted by molar-refractivity contribution is 5.91. The van der Waals surface area contributed by atoms with Crippen LogP contribution in [0.1, 0.15) is 25.7 Å². The van der Waals surface area contributed by atoms with Crippen LogP contribution in [-0.2, 0) is 0 Å². The minimum absolute atomic E-state index is 0.252. The molecule has 35 heavy (non-hydrogen) atoms. The maximum atomic E-state index is 12.5. The van der Waals surface area contributed by atoms with Crippen molar-refractivity contribution in [3.63, 3.8) is 0 Å². The second-order valence-corrected chi connectivity index (χ2v) is 9.05. The number of aromatic nitrogens is 2. The molecule has 0 atom stereocenters. The highest BCUT2D eigenvalue weighted by Crippen LogP contribution is 2.30. The normalized spacial score (nSPS) is 17.5. The summed E-state index contributed by atoms with van der Waals surface area (Å²) in [7, 11) is 7.15. The zero-order chi connectivity index (χ0) is 24.8. The first-order chi connectivity index (χ1) is 17.0. The fraction of sp³-hybridized carbons (Fsp3) is 0.423. The van der Waals surface area contributed by atoms with E-state index in [9.17, 15) is 4.79 Å². The Balaban J connectivity index is 1.28. The molecule has 1 aliphatic rings. The smallest absolute Gasteiger partial charge is 0.319 e. The molecule has 1 aromatic heterocycles. The van der Waals surface area contributed by atoms with Crippen molar-refractivity contribution in [1.82, 2.24) is 15.3 Å². The van der Waals surface area contributed by atoms with Crippen molar-refractivity contribution in [2.24, 2.45) is 5.92 Å². The van der Waals surface area contributed by atoms with Crippen LogP contribution in [0.15, 0.2) is 42.5 Å². The molecule has 3 N–H and O–H groups in total. The number of rotatable bonds is 8. The molecule has 9 heteroatoms. The largest absolute Gasteiger partial charge is 0.497 e. The first kappa shape index (κ1) is 24.4. The van der Waals surface area contributed by atoms with Gasteiger partial charge < -0.3 is 30.3 Å². The van der Waals surface area contributed by atoms with Crippen molar-refractivity contribution in [1.29, 1.82) is 0 Å². The Kier molecular flexibility index (Phi) is 7.74. The van der Waals surface area contributed by atoms with Gasteiger partial charge in [-0.2, -0.15) is 4.98 Å². The Morgan fingerprint density at radius 2 is 1.80 bits per heavy atom. The van der Waals surface area contributed by atoms with Crippen LogP contribution in [-0.4, -0.2) is 56.9 Å². The minimum Gasteiger partial charge on any atom is -0.497 e. The van der Waals surface area contributed by atoms with Gasteiger partial charge in [-0.15, -0.1) is 0 Å². The average molecular weight is 479 g/mol. The van der Waals surface area contributed by atoms with Crippen molar-refractivity contribution < 1.29 is 14.3 Å². The van der Waals surface area contributed by atoms with E-state index < -0.39 is 0 Å². The van der Waals surface area contributed by atoms with Crippen LogP contribution in [0, 0.1) is 5.92 Å². The van der Waals surface area contributed by atoms with Gasteiger partial charge in [0.15, 0.2) is 0 Å². The van der Waals surface area contributed by atoms with Crippen LogP contribution >= 0.6 is 0 Å². The van der Waals surface area contributed by atoms with Crippen LogP contribution in [0.5, 0.6) is 11.5 Å². The number of hydrogen-bond donors (Lipinski definition) is 3. The molecule has 1 heterocycles. The summed E-state index contributed by atoms with van der Waals surface area (Å²) in [5, 5.41) is 10.4. The lowest BCUT2D eigenvalue weighted by molar-refractivity contribution is 0.246. The van der Waals surface area contributed by atoms with E-state index in [1.165, 1.54) is 0 Å². The Labute approximate surface area is 206 Å². The summed E-state index contributed by atoms with van der Waals surface area (Å²) in [4.78, 5) is 24.0. The third-order valence-corrected chi connectivity index (χ3v) is 6.39. The lowest BCUT2D eigenvalue weighted by Crippen LogP contribution is -2.36. The standard InChI is InChI=1S/C26H34N6O3/c1-32(2)24-20-7-5-6-8-21(20)29-25(31-24)28-18-11-9-17(10-12-18)16-27-26(33)30-22-15-19(34-3)13-14-23(22)35-4/h5-8,13-15,17-18H,9-12,16H2,1-4H3,(H2,27,30,33)(H,28,29,31). The van der Waals surface area contributed by atoms with Crippen LogP contribution in [0.4, 0.5) is 22.2 Å². The molecule has 3 aromatic rings. The number of nitrogens with zero attached hydrogens (tertiary/aromatic N) is 3. The molecular formula is C26H34N6O3. The first-order valence-electron chi connectivity index (χ1n) is 11.9. The number of nitrogens with one attached hydrogen (secondary N) is 3. The van der Waals surface area contributed by atoms with E-state index in [1.54, 1.807) is 32.4 Å². The van der Waals surface area contributed by atoms with Crippen molar-refractivity contribution in [3.8, 4) is 11.5 Å². The second-order valence-electron chi connectivity index (χ2n) is 9.05.